The van der Waals surface area contributed by atoms with E-state index in [2.05, 4.69) is 15.6 Å². The van der Waals surface area contributed by atoms with Gasteiger partial charge < -0.3 is 14.8 Å². The van der Waals surface area contributed by atoms with Crippen LogP contribution in [-0.2, 0) is 9.84 Å². The lowest BCUT2D eigenvalue weighted by molar-refractivity contribution is 0.247. The second kappa shape index (κ2) is 8.24. The molecule has 0 saturated heterocycles. The number of benzene rings is 2. The quantitative estimate of drug-likeness (QED) is 0.566. The number of hydrogen-bond acceptors (Lipinski definition) is 6. The van der Waals surface area contributed by atoms with Crippen LogP contribution < -0.4 is 20.1 Å². The first-order valence-electron chi connectivity index (χ1n) is 10.3. The topological polar surface area (TPSA) is 107 Å². The molecule has 11 heteroatoms. The minimum absolute atomic E-state index is 0.0887. The van der Waals surface area contributed by atoms with Crippen molar-refractivity contribution in [3.8, 4) is 17.2 Å². The number of halogens is 2. The van der Waals surface area contributed by atoms with Crippen LogP contribution in [0.2, 0.25) is 0 Å². The highest BCUT2D eigenvalue weighted by Crippen LogP contribution is 2.55. The lowest BCUT2D eigenvalue weighted by Gasteiger charge is -2.16. The van der Waals surface area contributed by atoms with E-state index < -0.39 is 27.5 Å². The van der Waals surface area contributed by atoms with E-state index in [1.54, 1.807) is 6.07 Å². The number of nitrogens with one attached hydrogen (secondary N) is 2. The molecule has 1 aromatic heterocycles. The van der Waals surface area contributed by atoms with Gasteiger partial charge in [-0.25, -0.2) is 27.0 Å². The Morgan fingerprint density at radius 3 is 2.44 bits per heavy atom. The van der Waals surface area contributed by atoms with E-state index in [1.165, 1.54) is 36.5 Å². The molecule has 5 rings (SSSR count). The van der Waals surface area contributed by atoms with Gasteiger partial charge in [0.1, 0.15) is 23.1 Å². The first kappa shape index (κ1) is 22.1. The minimum Gasteiger partial charge on any atom is -0.490 e. The summed E-state index contributed by atoms with van der Waals surface area (Å²) in [5, 5.41) is 5.36. The summed E-state index contributed by atoms with van der Waals surface area (Å²) in [5.74, 6) is -0.672. The highest BCUT2D eigenvalue weighted by molar-refractivity contribution is 7.90. The van der Waals surface area contributed by atoms with Crippen molar-refractivity contribution in [1.29, 1.82) is 0 Å². The zero-order chi connectivity index (χ0) is 24.0. The molecule has 1 aliphatic carbocycles. The van der Waals surface area contributed by atoms with Crippen LogP contribution in [0.1, 0.15) is 11.5 Å². The fraction of sp³-hybridized carbons (Fsp3) is 0.217. The first-order chi connectivity index (χ1) is 16.2. The molecule has 2 aromatic carbocycles. The van der Waals surface area contributed by atoms with Crippen LogP contribution in [0.3, 0.4) is 0 Å². The SMILES string of the molecule is CS(=O)(=O)c1ccc(Oc2ccc(NC(=O)N[C@@H]3[C@H]4COc5c(F)ccc(F)c5[C@@H]43)nc2)cc1. The molecular formula is C23H19F2N3O5S. The number of carbonyl (C=O) groups is 1. The molecule has 176 valence electrons. The van der Waals surface area contributed by atoms with Crippen molar-refractivity contribution < 1.29 is 31.5 Å². The summed E-state index contributed by atoms with van der Waals surface area (Å²) in [6.07, 6.45) is 2.52. The van der Waals surface area contributed by atoms with Crippen molar-refractivity contribution in [3.63, 3.8) is 0 Å². The Morgan fingerprint density at radius 1 is 1.06 bits per heavy atom. The predicted molar refractivity (Wildman–Crippen MR) is 118 cm³/mol. The van der Waals surface area contributed by atoms with E-state index in [-0.39, 0.29) is 46.5 Å². The lowest BCUT2D eigenvalue weighted by Crippen LogP contribution is -2.32. The Kier molecular flexibility index (Phi) is 5.35. The fourth-order valence-electron chi connectivity index (χ4n) is 4.07. The molecule has 0 spiro atoms. The number of pyridine rings is 1. The summed E-state index contributed by atoms with van der Waals surface area (Å²) in [6, 6.07) is 10.2. The number of hydrogen-bond donors (Lipinski definition) is 2. The Bertz CT molecular complexity index is 1360. The second-order valence-corrected chi connectivity index (χ2v) is 10.1. The van der Waals surface area contributed by atoms with Crippen LogP contribution in [0.15, 0.2) is 59.6 Å². The molecule has 0 unspecified atom stereocenters. The lowest BCUT2D eigenvalue weighted by atomic mass is 10.0. The van der Waals surface area contributed by atoms with Crippen LogP contribution >= 0.6 is 0 Å². The number of anilines is 1. The first-order valence-corrected chi connectivity index (χ1v) is 12.2. The van der Waals surface area contributed by atoms with Gasteiger partial charge in [0.25, 0.3) is 0 Å². The Balaban J connectivity index is 1.18. The summed E-state index contributed by atoms with van der Waals surface area (Å²) in [7, 11) is -3.30. The van der Waals surface area contributed by atoms with Gasteiger partial charge in [-0.05, 0) is 48.5 Å². The summed E-state index contributed by atoms with van der Waals surface area (Å²) >= 11 is 0. The molecule has 1 fully saturated rings. The second-order valence-electron chi connectivity index (χ2n) is 8.12. The molecule has 34 heavy (non-hydrogen) atoms. The van der Waals surface area contributed by atoms with Gasteiger partial charge in [-0.3, -0.25) is 5.32 Å². The molecule has 1 aliphatic heterocycles. The van der Waals surface area contributed by atoms with Crippen molar-refractivity contribution >= 4 is 21.7 Å². The molecule has 3 aromatic rings. The normalized spacial score (nSPS) is 20.4. The van der Waals surface area contributed by atoms with E-state index in [0.717, 1.165) is 18.4 Å². The predicted octanol–water partition coefficient (Wildman–Crippen LogP) is 3.85. The maximum atomic E-state index is 14.2. The average Bonchev–Trinajstić information content (AvgIpc) is 3.49. The zero-order valence-electron chi connectivity index (χ0n) is 17.8. The van der Waals surface area contributed by atoms with Crippen molar-refractivity contribution in [2.24, 2.45) is 5.92 Å². The van der Waals surface area contributed by atoms with Crippen LogP contribution in [-0.4, -0.2) is 38.3 Å². The van der Waals surface area contributed by atoms with Crippen molar-refractivity contribution in [3.05, 3.63) is 71.9 Å². The number of rotatable bonds is 5. The Labute approximate surface area is 193 Å². The number of ether oxygens (including phenoxy) is 2. The van der Waals surface area contributed by atoms with Crippen LogP contribution in [0.25, 0.3) is 0 Å². The van der Waals surface area contributed by atoms with E-state index in [4.69, 9.17) is 9.47 Å². The van der Waals surface area contributed by atoms with E-state index >= 15 is 0 Å². The van der Waals surface area contributed by atoms with Crippen molar-refractivity contribution in [1.82, 2.24) is 10.3 Å². The fourth-order valence-corrected chi connectivity index (χ4v) is 4.70. The molecule has 8 nitrogen and oxygen atoms in total. The summed E-state index contributed by atoms with van der Waals surface area (Å²) in [6.45, 7) is 0.193. The van der Waals surface area contributed by atoms with Gasteiger partial charge in [-0.1, -0.05) is 0 Å². The number of amides is 2. The standard InChI is InChI=1S/C23H19F2N3O5S/c1-34(30,31)14-5-2-12(3-6-14)33-13-4-9-18(26-10-13)27-23(29)28-21-15-11-32-22-17(25)8-7-16(24)20(22)19(15)21/h2-10,15,19,21H,11H2,1H3,(H2,26,27,28,29)/t15-,19+,21+/m0/s1. The Hall–Kier alpha value is -3.73. The third-order valence-corrected chi connectivity index (χ3v) is 6.91. The highest BCUT2D eigenvalue weighted by atomic mass is 32.2. The number of sulfone groups is 1. The van der Waals surface area contributed by atoms with Crippen LogP contribution in [0, 0.1) is 17.6 Å². The van der Waals surface area contributed by atoms with Gasteiger partial charge in [-0.15, -0.1) is 0 Å². The Morgan fingerprint density at radius 2 is 1.76 bits per heavy atom. The summed E-state index contributed by atoms with van der Waals surface area (Å²) in [4.78, 5) is 16.7. The van der Waals surface area contributed by atoms with Crippen LogP contribution in [0.5, 0.6) is 17.2 Å². The molecule has 2 amide bonds. The molecule has 2 aliphatic rings. The number of nitrogens with zero attached hydrogens (tertiary/aromatic N) is 1. The zero-order valence-corrected chi connectivity index (χ0v) is 18.6. The smallest absolute Gasteiger partial charge is 0.320 e. The molecular weight excluding hydrogens is 468 g/mol. The molecule has 3 atom stereocenters. The number of fused-ring (bicyclic) bond motifs is 3. The largest absolute Gasteiger partial charge is 0.490 e. The number of urea groups is 1. The third kappa shape index (κ3) is 4.26. The molecule has 0 bridgehead atoms. The molecule has 1 saturated carbocycles. The van der Waals surface area contributed by atoms with E-state index in [1.807, 2.05) is 0 Å². The molecule has 2 N–H and O–H groups in total. The van der Waals surface area contributed by atoms with Crippen LogP contribution in [0.4, 0.5) is 19.4 Å². The number of carbonyl (C=O) groups excluding carboxylic acids is 1. The van der Waals surface area contributed by atoms with Crippen molar-refractivity contribution in [2.75, 3.05) is 18.2 Å². The summed E-state index contributed by atoms with van der Waals surface area (Å²) < 4.78 is 62.2. The van der Waals surface area contributed by atoms with Gasteiger partial charge in [0.15, 0.2) is 21.4 Å². The van der Waals surface area contributed by atoms with Gasteiger partial charge in [0.05, 0.1) is 17.7 Å². The van der Waals surface area contributed by atoms with Crippen molar-refractivity contribution in [2.45, 2.75) is 16.9 Å². The van der Waals surface area contributed by atoms with E-state index in [0.29, 0.717) is 11.5 Å². The van der Waals surface area contributed by atoms with E-state index in [9.17, 15) is 22.0 Å². The molecule has 0 radical (unpaired) electrons. The van der Waals surface area contributed by atoms with Gasteiger partial charge in [0.2, 0.25) is 0 Å². The minimum atomic E-state index is -3.30. The number of aromatic nitrogens is 1. The third-order valence-electron chi connectivity index (χ3n) is 5.78. The van der Waals surface area contributed by atoms with Gasteiger partial charge >= 0.3 is 6.03 Å². The maximum absolute atomic E-state index is 14.2. The summed E-state index contributed by atoms with van der Waals surface area (Å²) in [5.41, 5.74) is 0.158. The van der Waals surface area contributed by atoms with Gasteiger partial charge in [0, 0.05) is 29.7 Å². The van der Waals surface area contributed by atoms with Gasteiger partial charge in [-0.2, -0.15) is 0 Å². The maximum Gasteiger partial charge on any atom is 0.320 e. The highest BCUT2D eigenvalue weighted by Gasteiger charge is 2.57. The average molecular weight is 487 g/mol. The monoisotopic (exact) mass is 487 g/mol. The molecule has 2 heterocycles.